The first-order chi connectivity index (χ1) is 18.1. The van der Waals surface area contributed by atoms with Gasteiger partial charge in [-0.3, -0.25) is 0 Å². The summed E-state index contributed by atoms with van der Waals surface area (Å²) in [5.74, 6) is 1.65. The van der Waals surface area contributed by atoms with Crippen molar-refractivity contribution in [2.24, 2.45) is 10.6 Å². The van der Waals surface area contributed by atoms with E-state index in [1.165, 1.54) is 0 Å². The van der Waals surface area contributed by atoms with Crippen LogP contribution in [0.2, 0.25) is 0 Å². The first-order valence-electron chi connectivity index (χ1n) is 12.3. The van der Waals surface area contributed by atoms with Gasteiger partial charge >= 0.3 is 0 Å². The molecule has 3 aliphatic rings. The summed E-state index contributed by atoms with van der Waals surface area (Å²) in [4.78, 5) is 12.4. The molecule has 4 heterocycles. The van der Waals surface area contributed by atoms with Crippen LogP contribution >= 0.6 is 0 Å². The fourth-order valence-corrected chi connectivity index (χ4v) is 7.95. The Morgan fingerprint density at radius 3 is 2.58 bits per heavy atom. The molecule has 3 aromatic rings. The Labute approximate surface area is 221 Å². The topological polar surface area (TPSA) is 110 Å². The second-order valence-corrected chi connectivity index (χ2v) is 12.6. The SMILES string of the molecule is COc1cc(/C=C2\CC3(CN4C2=NOC4(C)c2ccc(C#N)cc2)CS(=O)(=O)C3)ccc1-n1cnc(C)c1. The number of methoxy groups -OCH3 is 1. The van der Waals surface area contributed by atoms with Gasteiger partial charge < -0.3 is 19.0 Å². The lowest BCUT2D eigenvalue weighted by molar-refractivity contribution is -0.101. The van der Waals surface area contributed by atoms with E-state index in [0.29, 0.717) is 30.1 Å². The van der Waals surface area contributed by atoms with Gasteiger partial charge in [-0.2, -0.15) is 5.26 Å². The lowest BCUT2D eigenvalue weighted by Gasteiger charge is -2.50. The number of fused-ring (bicyclic) bond motifs is 1. The molecule has 2 saturated heterocycles. The zero-order valence-electron chi connectivity index (χ0n) is 21.4. The largest absolute Gasteiger partial charge is 0.495 e. The van der Waals surface area contributed by atoms with Gasteiger partial charge in [0.25, 0.3) is 0 Å². The summed E-state index contributed by atoms with van der Waals surface area (Å²) in [5, 5.41) is 13.7. The first kappa shape index (κ1) is 24.2. The third-order valence-corrected chi connectivity index (χ3v) is 9.67. The van der Waals surface area contributed by atoms with Crippen molar-refractivity contribution in [3.8, 4) is 17.5 Å². The molecule has 9 nitrogen and oxygen atoms in total. The number of nitriles is 1. The predicted molar refractivity (Wildman–Crippen MR) is 142 cm³/mol. The third-order valence-electron chi connectivity index (χ3n) is 7.56. The number of piperidine rings is 1. The number of aromatic nitrogens is 2. The molecule has 1 spiro atoms. The van der Waals surface area contributed by atoms with Crippen LogP contribution in [0.15, 0.2) is 65.7 Å². The number of benzene rings is 2. The standard InChI is InChI=1S/C28H27N5O4S/c1-19-14-32(18-30-19)24-9-6-21(11-25(24)36-3)10-22-12-28(16-38(34,35)17-28)15-33-26(22)31-37-27(33,2)23-7-4-20(13-29)5-8-23/h4-11,14,18H,12,15-17H2,1-3H3/b22-10+. The quantitative estimate of drug-likeness (QED) is 0.506. The first-order valence-corrected chi connectivity index (χ1v) is 14.1. The molecular formula is C28H27N5O4S. The van der Waals surface area contributed by atoms with E-state index in [9.17, 15) is 13.7 Å². The molecule has 0 aliphatic carbocycles. The minimum absolute atomic E-state index is 0.132. The fraction of sp³-hybridized carbons (Fsp3) is 0.321. The Bertz CT molecular complexity index is 1640. The van der Waals surface area contributed by atoms with Crippen LogP contribution in [0.5, 0.6) is 5.75 Å². The lowest BCUT2D eigenvalue weighted by Crippen LogP contribution is -2.62. The average molecular weight is 530 g/mol. The van der Waals surface area contributed by atoms with E-state index in [4.69, 9.17) is 9.57 Å². The Kier molecular flexibility index (Phi) is 5.40. The van der Waals surface area contributed by atoms with E-state index in [0.717, 1.165) is 28.1 Å². The van der Waals surface area contributed by atoms with Crippen LogP contribution in [0.4, 0.5) is 0 Å². The maximum atomic E-state index is 12.3. The van der Waals surface area contributed by atoms with Crippen LogP contribution in [-0.2, 0) is 20.4 Å². The van der Waals surface area contributed by atoms with Gasteiger partial charge in [0.15, 0.2) is 15.7 Å². The van der Waals surface area contributed by atoms with Crippen molar-refractivity contribution < 1.29 is 18.0 Å². The van der Waals surface area contributed by atoms with Crippen LogP contribution < -0.4 is 4.74 Å². The molecule has 0 saturated carbocycles. The number of hydrogen-bond acceptors (Lipinski definition) is 8. The number of hydrogen-bond donors (Lipinski definition) is 0. The number of imidazole rings is 1. The van der Waals surface area contributed by atoms with Gasteiger partial charge in [0.1, 0.15) is 5.75 Å². The van der Waals surface area contributed by atoms with E-state index in [1.54, 1.807) is 25.6 Å². The van der Waals surface area contributed by atoms with Crippen LogP contribution in [-0.4, -0.2) is 53.9 Å². The normalized spacial score (nSPS) is 23.8. The number of rotatable bonds is 4. The minimum Gasteiger partial charge on any atom is -0.495 e. The fourth-order valence-electron chi connectivity index (χ4n) is 5.78. The molecule has 0 amide bonds. The zero-order valence-corrected chi connectivity index (χ0v) is 22.2. The highest BCUT2D eigenvalue weighted by atomic mass is 32.2. The molecule has 0 N–H and O–H groups in total. The molecule has 1 aromatic heterocycles. The molecule has 194 valence electrons. The molecule has 3 aliphatic heterocycles. The Balaban J connectivity index is 1.39. The minimum atomic E-state index is -3.07. The molecular weight excluding hydrogens is 502 g/mol. The molecule has 2 aromatic carbocycles. The van der Waals surface area contributed by atoms with Gasteiger partial charge in [0, 0.05) is 30.6 Å². The highest BCUT2D eigenvalue weighted by Gasteiger charge is 2.58. The van der Waals surface area contributed by atoms with E-state index in [-0.39, 0.29) is 11.5 Å². The summed E-state index contributed by atoms with van der Waals surface area (Å²) >= 11 is 0. The highest BCUT2D eigenvalue weighted by molar-refractivity contribution is 7.92. The second-order valence-electron chi connectivity index (χ2n) is 10.5. The van der Waals surface area contributed by atoms with Crippen LogP contribution in [0.3, 0.4) is 0 Å². The van der Waals surface area contributed by atoms with Crippen molar-refractivity contribution in [3.63, 3.8) is 0 Å². The summed E-state index contributed by atoms with van der Waals surface area (Å²) in [6.45, 7) is 4.38. The van der Waals surface area contributed by atoms with Crippen molar-refractivity contribution in [1.29, 1.82) is 5.26 Å². The predicted octanol–water partition coefficient (Wildman–Crippen LogP) is 3.78. The smallest absolute Gasteiger partial charge is 0.234 e. The van der Waals surface area contributed by atoms with E-state index in [1.807, 2.05) is 61.0 Å². The number of sulfone groups is 1. The molecule has 10 heteroatoms. The van der Waals surface area contributed by atoms with Crippen molar-refractivity contribution in [1.82, 2.24) is 14.5 Å². The van der Waals surface area contributed by atoms with Crippen molar-refractivity contribution in [2.45, 2.75) is 26.0 Å². The Hall–Kier alpha value is -4.10. The van der Waals surface area contributed by atoms with Gasteiger partial charge in [0.2, 0.25) is 5.72 Å². The molecule has 0 radical (unpaired) electrons. The van der Waals surface area contributed by atoms with Gasteiger partial charge in [-0.05, 0) is 54.8 Å². The van der Waals surface area contributed by atoms with E-state index >= 15 is 0 Å². The van der Waals surface area contributed by atoms with Crippen molar-refractivity contribution in [2.75, 3.05) is 25.2 Å². The molecule has 38 heavy (non-hydrogen) atoms. The van der Waals surface area contributed by atoms with Gasteiger partial charge in [0.05, 0.1) is 48.0 Å². The second kappa shape index (κ2) is 8.46. The number of aryl methyl sites for hydroxylation is 1. The van der Waals surface area contributed by atoms with Gasteiger partial charge in [-0.1, -0.05) is 23.4 Å². The molecule has 6 rings (SSSR count). The Morgan fingerprint density at radius 2 is 1.95 bits per heavy atom. The molecule has 0 bridgehead atoms. The lowest BCUT2D eigenvalue weighted by atomic mass is 9.78. The monoisotopic (exact) mass is 529 g/mol. The summed E-state index contributed by atoms with van der Waals surface area (Å²) in [5.41, 5.74) is 3.67. The Morgan fingerprint density at radius 1 is 1.18 bits per heavy atom. The van der Waals surface area contributed by atoms with Gasteiger partial charge in [-0.25, -0.2) is 13.4 Å². The maximum absolute atomic E-state index is 12.3. The van der Waals surface area contributed by atoms with E-state index < -0.39 is 21.0 Å². The van der Waals surface area contributed by atoms with Crippen molar-refractivity contribution in [3.05, 3.63) is 82.9 Å². The summed E-state index contributed by atoms with van der Waals surface area (Å²) in [7, 11) is -1.44. The summed E-state index contributed by atoms with van der Waals surface area (Å²) < 4.78 is 32.3. The average Bonchev–Trinajstić information content (AvgIpc) is 3.46. The van der Waals surface area contributed by atoms with Crippen LogP contribution in [0.1, 0.15) is 35.7 Å². The summed E-state index contributed by atoms with van der Waals surface area (Å²) in [6, 6.07) is 15.3. The van der Waals surface area contributed by atoms with Crippen LogP contribution in [0, 0.1) is 23.7 Å². The number of amidine groups is 1. The van der Waals surface area contributed by atoms with Gasteiger partial charge in [-0.15, -0.1) is 0 Å². The molecule has 2 fully saturated rings. The van der Waals surface area contributed by atoms with E-state index in [2.05, 4.69) is 21.1 Å². The maximum Gasteiger partial charge on any atom is 0.234 e. The number of oxime groups is 1. The van der Waals surface area contributed by atoms with Crippen LogP contribution in [0.25, 0.3) is 11.8 Å². The zero-order chi connectivity index (χ0) is 26.7. The molecule has 1 atom stereocenters. The number of nitrogens with zero attached hydrogens (tertiary/aromatic N) is 5. The summed E-state index contributed by atoms with van der Waals surface area (Å²) in [6.07, 6.45) is 6.31. The highest BCUT2D eigenvalue weighted by Crippen LogP contribution is 2.49. The van der Waals surface area contributed by atoms with Crippen molar-refractivity contribution >= 4 is 21.7 Å². The number of ether oxygens (including phenoxy) is 1. The molecule has 1 unspecified atom stereocenters. The third kappa shape index (κ3) is 3.94.